The summed E-state index contributed by atoms with van der Waals surface area (Å²) in [6.07, 6.45) is 6.97. The van der Waals surface area contributed by atoms with E-state index in [0.29, 0.717) is 11.4 Å². The lowest BCUT2D eigenvalue weighted by Gasteiger charge is -2.26. The van der Waals surface area contributed by atoms with Gasteiger partial charge in [0.25, 0.3) is 5.91 Å². The highest BCUT2D eigenvalue weighted by Crippen LogP contribution is 2.35. The van der Waals surface area contributed by atoms with Crippen molar-refractivity contribution in [1.29, 1.82) is 0 Å². The fourth-order valence-corrected chi connectivity index (χ4v) is 3.77. The van der Waals surface area contributed by atoms with E-state index in [-0.39, 0.29) is 11.5 Å². The summed E-state index contributed by atoms with van der Waals surface area (Å²) < 4.78 is 5.99. The summed E-state index contributed by atoms with van der Waals surface area (Å²) >= 11 is 0. The van der Waals surface area contributed by atoms with Crippen molar-refractivity contribution in [1.82, 2.24) is 20.1 Å². The highest BCUT2D eigenvalue weighted by Gasteiger charge is 2.37. The first-order valence-electron chi connectivity index (χ1n) is 8.66. The number of carbonyl (C=O) groups excluding carboxylic acids is 1. The fraction of sp³-hybridized carbons (Fsp3) is 0.500. The molecule has 2 fully saturated rings. The molecule has 0 saturated carbocycles. The van der Waals surface area contributed by atoms with E-state index < -0.39 is 0 Å². The summed E-state index contributed by atoms with van der Waals surface area (Å²) in [5, 5.41) is 7.11. The number of rotatable bonds is 2. The van der Waals surface area contributed by atoms with Crippen molar-refractivity contribution in [2.75, 3.05) is 19.7 Å². The summed E-state index contributed by atoms with van der Waals surface area (Å²) in [4.78, 5) is 19.0. The van der Waals surface area contributed by atoms with Crippen molar-refractivity contribution in [3.8, 4) is 11.4 Å². The number of likely N-dealkylation sites (tertiary alicyclic amines) is 1. The Morgan fingerprint density at radius 1 is 1.17 bits per heavy atom. The second kappa shape index (κ2) is 6.36. The maximum absolute atomic E-state index is 12.8. The molecule has 1 N–H and O–H groups in total. The van der Waals surface area contributed by atoms with Gasteiger partial charge in [0.05, 0.1) is 11.3 Å². The van der Waals surface area contributed by atoms with Crippen LogP contribution in [0.4, 0.5) is 0 Å². The van der Waals surface area contributed by atoms with Crippen molar-refractivity contribution in [2.24, 2.45) is 0 Å². The number of nitrogens with zero attached hydrogens (tertiary/aromatic N) is 3. The predicted octanol–water partition coefficient (Wildman–Crippen LogP) is 2.65. The lowest BCUT2D eigenvalue weighted by molar-refractivity contribution is -0.00693. The minimum atomic E-state index is 0.0136. The number of nitrogens with one attached hydrogen (secondary N) is 1. The average molecular weight is 326 g/mol. The van der Waals surface area contributed by atoms with Crippen LogP contribution in [0.15, 0.2) is 30.5 Å². The normalized spacial score (nSPS) is 24.2. The molecule has 1 amide bonds. The van der Waals surface area contributed by atoms with Crippen LogP contribution < -0.4 is 0 Å². The second-order valence-corrected chi connectivity index (χ2v) is 6.66. The Balaban J connectivity index is 1.47. The number of hydrogen-bond acceptors (Lipinski definition) is 4. The van der Waals surface area contributed by atoms with E-state index >= 15 is 0 Å². The molecular weight excluding hydrogens is 304 g/mol. The van der Waals surface area contributed by atoms with Gasteiger partial charge in [0, 0.05) is 25.9 Å². The number of carbonyl (C=O) groups is 1. The fourth-order valence-electron chi connectivity index (χ4n) is 3.77. The second-order valence-electron chi connectivity index (χ2n) is 6.66. The Kier molecular flexibility index (Phi) is 4.06. The molecular formula is C18H22N4O2. The smallest absolute Gasteiger partial charge is 0.271 e. The topological polar surface area (TPSA) is 71.1 Å². The van der Waals surface area contributed by atoms with Crippen LogP contribution in [0.2, 0.25) is 0 Å². The number of ether oxygens (including phenoxy) is 1. The SMILES string of the molecule is O=C(c1cc(-c2ccccn2)n[nH]1)N1CCCC2(CCCO2)CC1. The molecule has 1 spiro atoms. The lowest BCUT2D eigenvalue weighted by atomic mass is 9.92. The van der Waals surface area contributed by atoms with Crippen LogP contribution in [0.3, 0.4) is 0 Å². The zero-order valence-electron chi connectivity index (χ0n) is 13.7. The van der Waals surface area contributed by atoms with Crippen molar-refractivity contribution >= 4 is 5.91 Å². The van der Waals surface area contributed by atoms with Crippen LogP contribution >= 0.6 is 0 Å². The van der Waals surface area contributed by atoms with E-state index in [1.807, 2.05) is 23.1 Å². The van der Waals surface area contributed by atoms with E-state index in [4.69, 9.17) is 4.74 Å². The predicted molar refractivity (Wildman–Crippen MR) is 89.5 cm³/mol. The van der Waals surface area contributed by atoms with Gasteiger partial charge in [-0.2, -0.15) is 5.10 Å². The average Bonchev–Trinajstić information content (AvgIpc) is 3.23. The summed E-state index contributed by atoms with van der Waals surface area (Å²) in [7, 11) is 0. The number of H-pyrrole nitrogens is 1. The van der Waals surface area contributed by atoms with Gasteiger partial charge in [0.2, 0.25) is 0 Å². The maximum Gasteiger partial charge on any atom is 0.271 e. The van der Waals surface area contributed by atoms with Gasteiger partial charge in [-0.25, -0.2) is 0 Å². The van der Waals surface area contributed by atoms with Crippen LogP contribution in [0, 0.1) is 0 Å². The molecule has 2 aromatic heterocycles. The van der Waals surface area contributed by atoms with Gasteiger partial charge < -0.3 is 9.64 Å². The molecule has 0 bridgehead atoms. The Hall–Kier alpha value is -2.21. The molecule has 2 saturated heterocycles. The van der Waals surface area contributed by atoms with Crippen LogP contribution in [0.1, 0.15) is 42.6 Å². The molecule has 4 rings (SSSR count). The van der Waals surface area contributed by atoms with Gasteiger partial charge in [0.1, 0.15) is 11.4 Å². The van der Waals surface area contributed by atoms with Gasteiger partial charge in [-0.05, 0) is 50.3 Å². The molecule has 2 aromatic rings. The Bertz CT molecular complexity index is 707. The molecule has 0 aliphatic carbocycles. The molecule has 1 atom stereocenters. The number of pyridine rings is 1. The monoisotopic (exact) mass is 326 g/mol. The number of amides is 1. The largest absolute Gasteiger partial charge is 0.375 e. The van der Waals surface area contributed by atoms with Crippen LogP contribution in [-0.4, -0.2) is 51.3 Å². The van der Waals surface area contributed by atoms with Gasteiger partial charge in [-0.1, -0.05) is 6.07 Å². The highest BCUT2D eigenvalue weighted by atomic mass is 16.5. The van der Waals surface area contributed by atoms with Crippen molar-refractivity contribution < 1.29 is 9.53 Å². The number of hydrogen-bond donors (Lipinski definition) is 1. The Labute approximate surface area is 141 Å². The molecule has 126 valence electrons. The molecule has 0 radical (unpaired) electrons. The van der Waals surface area contributed by atoms with Gasteiger partial charge >= 0.3 is 0 Å². The first-order chi connectivity index (χ1) is 11.8. The first kappa shape index (κ1) is 15.3. The molecule has 24 heavy (non-hydrogen) atoms. The molecule has 1 unspecified atom stereocenters. The van der Waals surface area contributed by atoms with Crippen molar-refractivity contribution in [2.45, 2.75) is 37.7 Å². The van der Waals surface area contributed by atoms with E-state index in [1.54, 1.807) is 12.3 Å². The molecule has 6 nitrogen and oxygen atoms in total. The van der Waals surface area contributed by atoms with Gasteiger partial charge in [-0.3, -0.25) is 14.9 Å². The van der Waals surface area contributed by atoms with Crippen LogP contribution in [0.5, 0.6) is 0 Å². The van der Waals surface area contributed by atoms with E-state index in [1.165, 1.54) is 0 Å². The minimum Gasteiger partial charge on any atom is -0.375 e. The zero-order chi connectivity index (χ0) is 16.4. The van der Waals surface area contributed by atoms with E-state index in [2.05, 4.69) is 15.2 Å². The number of aromatic nitrogens is 3. The standard InChI is InChI=1S/C18H22N4O2/c23-17(16-13-15(20-21-16)14-5-1-2-9-19-14)22-10-3-6-18(8-11-22)7-4-12-24-18/h1-2,5,9,13H,3-4,6-8,10-12H2,(H,20,21). The Morgan fingerprint density at radius 3 is 2.88 bits per heavy atom. The summed E-state index contributed by atoms with van der Waals surface area (Å²) in [6.45, 7) is 2.39. The maximum atomic E-state index is 12.8. The van der Waals surface area contributed by atoms with Crippen molar-refractivity contribution in [3.05, 3.63) is 36.2 Å². The van der Waals surface area contributed by atoms with E-state index in [9.17, 15) is 4.79 Å². The summed E-state index contributed by atoms with van der Waals surface area (Å²) in [5.74, 6) is 0.0136. The molecule has 2 aliphatic rings. The quantitative estimate of drug-likeness (QED) is 0.921. The minimum absolute atomic E-state index is 0.0136. The molecule has 0 aromatic carbocycles. The molecule has 6 heteroatoms. The zero-order valence-corrected chi connectivity index (χ0v) is 13.7. The van der Waals surface area contributed by atoms with Crippen molar-refractivity contribution in [3.63, 3.8) is 0 Å². The highest BCUT2D eigenvalue weighted by molar-refractivity contribution is 5.93. The first-order valence-corrected chi connectivity index (χ1v) is 8.66. The molecule has 4 heterocycles. The summed E-state index contributed by atoms with van der Waals surface area (Å²) in [5.41, 5.74) is 2.01. The van der Waals surface area contributed by atoms with Crippen LogP contribution in [-0.2, 0) is 4.74 Å². The Morgan fingerprint density at radius 2 is 2.08 bits per heavy atom. The third-order valence-electron chi connectivity index (χ3n) is 5.11. The third kappa shape index (κ3) is 2.94. The molecule has 2 aliphatic heterocycles. The van der Waals surface area contributed by atoms with Gasteiger partial charge in [-0.15, -0.1) is 0 Å². The number of aromatic amines is 1. The lowest BCUT2D eigenvalue weighted by Crippen LogP contribution is -2.34. The van der Waals surface area contributed by atoms with Crippen LogP contribution in [0.25, 0.3) is 11.4 Å². The summed E-state index contributed by atoms with van der Waals surface area (Å²) in [6, 6.07) is 7.45. The van der Waals surface area contributed by atoms with Gasteiger partial charge in [0.15, 0.2) is 0 Å². The van der Waals surface area contributed by atoms with E-state index in [0.717, 1.165) is 57.5 Å². The third-order valence-corrected chi connectivity index (χ3v) is 5.11.